The minimum Gasteiger partial charge on any atom is -0.478 e. The zero-order valence-corrected chi connectivity index (χ0v) is 11.0. The van der Waals surface area contributed by atoms with Crippen molar-refractivity contribution in [1.82, 2.24) is 0 Å². The summed E-state index contributed by atoms with van der Waals surface area (Å²) in [4.78, 5) is 10.9. The number of carbonyl (C=O) groups is 1. The number of benzene rings is 1. The molecule has 1 N–H and O–H groups in total. The van der Waals surface area contributed by atoms with E-state index in [0.717, 1.165) is 36.3 Å². The second-order valence-electron chi connectivity index (χ2n) is 4.76. The first kappa shape index (κ1) is 13.2. The van der Waals surface area contributed by atoms with Crippen LogP contribution in [0.2, 0.25) is 5.02 Å². The number of carboxylic acid groups (broad SMARTS) is 1. The molecule has 0 aliphatic heterocycles. The first-order valence-corrected chi connectivity index (χ1v) is 6.73. The van der Waals surface area contributed by atoms with Crippen LogP contribution in [0.15, 0.2) is 35.9 Å². The fraction of sp³-hybridized carbons (Fsp3) is 0.400. The van der Waals surface area contributed by atoms with E-state index < -0.39 is 5.97 Å². The molecule has 1 unspecified atom stereocenters. The number of halogens is 1. The van der Waals surface area contributed by atoms with Gasteiger partial charge in [0.1, 0.15) is 0 Å². The third kappa shape index (κ3) is 3.36. The number of hydrogen-bond donors (Lipinski definition) is 1. The highest BCUT2D eigenvalue weighted by atomic mass is 35.5. The Labute approximate surface area is 112 Å². The summed E-state index contributed by atoms with van der Waals surface area (Å²) in [7, 11) is 0. The molecule has 2 nitrogen and oxygen atoms in total. The van der Waals surface area contributed by atoms with Crippen molar-refractivity contribution < 1.29 is 9.90 Å². The molecule has 1 saturated carbocycles. The van der Waals surface area contributed by atoms with E-state index in [9.17, 15) is 4.79 Å². The van der Waals surface area contributed by atoms with Crippen LogP contribution in [0.1, 0.15) is 43.6 Å². The molecule has 1 aliphatic rings. The van der Waals surface area contributed by atoms with E-state index in [1.165, 1.54) is 18.1 Å². The molecular weight excluding hydrogens is 248 g/mol. The Morgan fingerprint density at radius 3 is 2.61 bits per heavy atom. The van der Waals surface area contributed by atoms with Gasteiger partial charge in [0, 0.05) is 17.0 Å². The van der Waals surface area contributed by atoms with E-state index in [1.54, 1.807) is 0 Å². The first-order chi connectivity index (χ1) is 8.66. The van der Waals surface area contributed by atoms with Crippen LogP contribution in [0.3, 0.4) is 0 Å². The summed E-state index contributed by atoms with van der Waals surface area (Å²) in [5, 5.41) is 9.69. The predicted molar refractivity (Wildman–Crippen MR) is 73.0 cm³/mol. The van der Waals surface area contributed by atoms with Gasteiger partial charge in [-0.05, 0) is 37.0 Å². The topological polar surface area (TPSA) is 37.3 Å². The number of rotatable bonds is 2. The van der Waals surface area contributed by atoms with Gasteiger partial charge in [-0.15, -0.1) is 0 Å². The summed E-state index contributed by atoms with van der Waals surface area (Å²) in [5.74, 6) is -0.605. The van der Waals surface area contributed by atoms with Gasteiger partial charge in [0.25, 0.3) is 0 Å². The van der Waals surface area contributed by atoms with Gasteiger partial charge in [-0.25, -0.2) is 4.79 Å². The number of hydrogen-bond acceptors (Lipinski definition) is 1. The zero-order valence-electron chi connectivity index (χ0n) is 10.2. The van der Waals surface area contributed by atoms with Crippen LogP contribution in [0.5, 0.6) is 0 Å². The van der Waals surface area contributed by atoms with E-state index in [4.69, 9.17) is 16.7 Å². The molecule has 1 aromatic rings. The lowest BCUT2D eigenvalue weighted by Gasteiger charge is -2.18. The van der Waals surface area contributed by atoms with Crippen LogP contribution in [-0.2, 0) is 4.79 Å². The van der Waals surface area contributed by atoms with Crippen molar-refractivity contribution in [3.63, 3.8) is 0 Å². The molecule has 0 bridgehead atoms. The monoisotopic (exact) mass is 264 g/mol. The van der Waals surface area contributed by atoms with Crippen molar-refractivity contribution in [3.8, 4) is 0 Å². The maximum atomic E-state index is 10.9. The molecule has 0 radical (unpaired) electrons. The van der Waals surface area contributed by atoms with Crippen molar-refractivity contribution in [3.05, 3.63) is 46.5 Å². The highest BCUT2D eigenvalue weighted by Crippen LogP contribution is 2.36. The normalized spacial score (nSPS) is 22.7. The summed E-state index contributed by atoms with van der Waals surface area (Å²) < 4.78 is 0. The molecule has 0 saturated heterocycles. The fourth-order valence-corrected chi connectivity index (χ4v) is 2.75. The van der Waals surface area contributed by atoms with Crippen molar-refractivity contribution >= 4 is 17.6 Å². The Kier molecular flexibility index (Phi) is 4.43. The summed E-state index contributed by atoms with van der Waals surface area (Å²) in [6.45, 7) is 0. The standard InChI is InChI=1S/C15H17ClO2/c16-13-8-6-11(7-9-13)14-5-3-1-2-4-12(14)10-15(17)18/h6-10,14H,1-5H2,(H,17,18)/b12-10+. The Hall–Kier alpha value is -1.28. The van der Waals surface area contributed by atoms with E-state index in [2.05, 4.69) is 0 Å². The van der Waals surface area contributed by atoms with Crippen LogP contribution in [-0.4, -0.2) is 11.1 Å². The third-order valence-corrected chi connectivity index (χ3v) is 3.74. The maximum Gasteiger partial charge on any atom is 0.328 e. The molecule has 0 aromatic heterocycles. The van der Waals surface area contributed by atoms with Gasteiger partial charge < -0.3 is 5.11 Å². The van der Waals surface area contributed by atoms with Crippen molar-refractivity contribution in [2.24, 2.45) is 0 Å². The third-order valence-electron chi connectivity index (χ3n) is 3.49. The molecule has 0 spiro atoms. The van der Waals surface area contributed by atoms with Gasteiger partial charge in [-0.1, -0.05) is 42.1 Å². The Bertz CT molecular complexity index is 448. The summed E-state index contributed by atoms with van der Waals surface area (Å²) in [6, 6.07) is 7.77. The minimum atomic E-state index is -0.842. The number of aliphatic carboxylic acids is 1. The lowest BCUT2D eigenvalue weighted by atomic mass is 9.87. The van der Waals surface area contributed by atoms with E-state index in [0.29, 0.717) is 0 Å². The second kappa shape index (κ2) is 6.05. The maximum absolute atomic E-state index is 10.9. The minimum absolute atomic E-state index is 0.237. The van der Waals surface area contributed by atoms with Crippen LogP contribution >= 0.6 is 11.6 Å². The highest BCUT2D eigenvalue weighted by molar-refractivity contribution is 6.30. The molecular formula is C15H17ClO2. The van der Waals surface area contributed by atoms with Gasteiger partial charge in [-0.2, -0.15) is 0 Å². The predicted octanol–water partition coefficient (Wildman–Crippen LogP) is 4.40. The van der Waals surface area contributed by atoms with Crippen molar-refractivity contribution in [2.75, 3.05) is 0 Å². The molecule has 0 amide bonds. The molecule has 18 heavy (non-hydrogen) atoms. The molecule has 0 heterocycles. The van der Waals surface area contributed by atoms with Gasteiger partial charge in [-0.3, -0.25) is 0 Å². The van der Waals surface area contributed by atoms with Gasteiger partial charge in [0.05, 0.1) is 0 Å². The largest absolute Gasteiger partial charge is 0.478 e. The SMILES string of the molecule is O=C(O)/C=C1\CCCCCC1c1ccc(Cl)cc1. The van der Waals surface area contributed by atoms with E-state index in [1.807, 2.05) is 24.3 Å². The smallest absolute Gasteiger partial charge is 0.328 e. The Morgan fingerprint density at radius 2 is 1.94 bits per heavy atom. The average molecular weight is 265 g/mol. The lowest BCUT2D eigenvalue weighted by Crippen LogP contribution is -2.03. The molecule has 1 aromatic carbocycles. The first-order valence-electron chi connectivity index (χ1n) is 6.35. The molecule has 96 valence electrons. The van der Waals surface area contributed by atoms with Crippen LogP contribution < -0.4 is 0 Å². The van der Waals surface area contributed by atoms with Crippen LogP contribution in [0.25, 0.3) is 0 Å². The van der Waals surface area contributed by atoms with Crippen LogP contribution in [0.4, 0.5) is 0 Å². The summed E-state index contributed by atoms with van der Waals surface area (Å²) in [6.07, 6.45) is 6.74. The Morgan fingerprint density at radius 1 is 1.22 bits per heavy atom. The molecule has 2 rings (SSSR count). The highest BCUT2D eigenvalue weighted by Gasteiger charge is 2.20. The van der Waals surface area contributed by atoms with E-state index in [-0.39, 0.29) is 5.92 Å². The van der Waals surface area contributed by atoms with Gasteiger partial charge >= 0.3 is 5.97 Å². The summed E-state index contributed by atoms with van der Waals surface area (Å²) in [5.41, 5.74) is 2.22. The fourth-order valence-electron chi connectivity index (χ4n) is 2.62. The van der Waals surface area contributed by atoms with Gasteiger partial charge in [0.15, 0.2) is 0 Å². The average Bonchev–Trinajstić information content (AvgIpc) is 2.55. The van der Waals surface area contributed by atoms with Gasteiger partial charge in [0.2, 0.25) is 0 Å². The Balaban J connectivity index is 2.30. The van der Waals surface area contributed by atoms with E-state index >= 15 is 0 Å². The molecule has 1 fully saturated rings. The number of allylic oxidation sites excluding steroid dienone is 1. The zero-order chi connectivity index (χ0) is 13.0. The summed E-state index contributed by atoms with van der Waals surface area (Å²) >= 11 is 5.89. The lowest BCUT2D eigenvalue weighted by molar-refractivity contribution is -0.131. The van der Waals surface area contributed by atoms with Crippen molar-refractivity contribution in [2.45, 2.75) is 38.0 Å². The quantitative estimate of drug-likeness (QED) is 0.635. The van der Waals surface area contributed by atoms with Crippen LogP contribution in [0, 0.1) is 0 Å². The number of carboxylic acids is 1. The van der Waals surface area contributed by atoms with Crippen molar-refractivity contribution in [1.29, 1.82) is 0 Å². The molecule has 3 heteroatoms. The molecule has 1 aliphatic carbocycles. The second-order valence-corrected chi connectivity index (χ2v) is 5.20. The molecule has 1 atom stereocenters.